The minimum absolute atomic E-state index is 0.681. The summed E-state index contributed by atoms with van der Waals surface area (Å²) < 4.78 is 1.93. The number of benzene rings is 2. The molecule has 0 unspecified atom stereocenters. The zero-order valence-corrected chi connectivity index (χ0v) is 11.7. The number of imidazole rings is 1. The molecule has 0 radical (unpaired) electrons. The molecule has 4 aromatic rings. The number of aryl methyl sites for hydroxylation is 1. The summed E-state index contributed by atoms with van der Waals surface area (Å²) in [5.41, 5.74) is 10.2. The normalized spacial score (nSPS) is 11.3. The molecule has 0 amide bonds. The van der Waals surface area contributed by atoms with Gasteiger partial charge in [-0.25, -0.2) is 4.98 Å². The first-order valence-electron chi connectivity index (χ1n) is 6.96. The van der Waals surface area contributed by atoms with Crippen molar-refractivity contribution in [3.63, 3.8) is 0 Å². The Morgan fingerprint density at radius 2 is 1.76 bits per heavy atom. The smallest absolute Gasteiger partial charge is 0.139 e. The van der Waals surface area contributed by atoms with Crippen LogP contribution in [0.25, 0.3) is 27.7 Å². The highest BCUT2D eigenvalue weighted by Gasteiger charge is 2.11. The van der Waals surface area contributed by atoms with Crippen LogP contribution in [0.4, 0.5) is 5.82 Å². The Morgan fingerprint density at radius 3 is 2.62 bits per heavy atom. The van der Waals surface area contributed by atoms with Crippen LogP contribution in [0.15, 0.2) is 60.8 Å². The first kappa shape index (κ1) is 12.0. The number of nitrogen functional groups attached to an aromatic ring is 1. The van der Waals surface area contributed by atoms with Crippen molar-refractivity contribution in [2.24, 2.45) is 0 Å². The summed E-state index contributed by atoms with van der Waals surface area (Å²) in [6.45, 7) is 2.06. The molecule has 0 bridgehead atoms. The first-order chi connectivity index (χ1) is 10.2. The van der Waals surface area contributed by atoms with E-state index in [1.54, 1.807) is 0 Å². The zero-order valence-electron chi connectivity index (χ0n) is 11.7. The Morgan fingerprint density at radius 1 is 0.952 bits per heavy atom. The maximum absolute atomic E-state index is 6.27. The lowest BCUT2D eigenvalue weighted by Gasteiger charge is -2.02. The molecule has 2 N–H and O–H groups in total. The fourth-order valence-corrected chi connectivity index (χ4v) is 2.71. The highest BCUT2D eigenvalue weighted by molar-refractivity contribution is 5.88. The Labute approximate surface area is 122 Å². The number of nitrogens with zero attached hydrogens (tertiary/aromatic N) is 2. The molecule has 21 heavy (non-hydrogen) atoms. The molecule has 0 aliphatic rings. The molecular formula is C18H15N3. The molecule has 0 saturated carbocycles. The highest BCUT2D eigenvalue weighted by Crippen LogP contribution is 2.29. The van der Waals surface area contributed by atoms with Crippen molar-refractivity contribution in [3.05, 3.63) is 66.4 Å². The Kier molecular flexibility index (Phi) is 2.48. The molecule has 3 nitrogen and oxygen atoms in total. The SMILES string of the molecule is Cc1ccn2c(N)c(-c3ccc4ccccc4c3)nc2c1. The van der Waals surface area contributed by atoms with Crippen LogP contribution in [0.1, 0.15) is 5.56 Å². The van der Waals surface area contributed by atoms with Gasteiger partial charge >= 0.3 is 0 Å². The molecular weight excluding hydrogens is 258 g/mol. The minimum Gasteiger partial charge on any atom is -0.383 e. The van der Waals surface area contributed by atoms with Crippen LogP contribution in [0, 0.1) is 6.92 Å². The molecule has 0 saturated heterocycles. The van der Waals surface area contributed by atoms with Gasteiger partial charge in [-0.1, -0.05) is 36.4 Å². The van der Waals surface area contributed by atoms with Crippen molar-refractivity contribution in [1.29, 1.82) is 0 Å². The summed E-state index contributed by atoms with van der Waals surface area (Å²) in [5, 5.41) is 2.42. The van der Waals surface area contributed by atoms with E-state index >= 15 is 0 Å². The van der Waals surface area contributed by atoms with Crippen LogP contribution in [-0.4, -0.2) is 9.38 Å². The van der Waals surface area contributed by atoms with Crippen LogP contribution in [-0.2, 0) is 0 Å². The minimum atomic E-state index is 0.681. The quantitative estimate of drug-likeness (QED) is 0.568. The maximum atomic E-state index is 6.27. The third kappa shape index (κ3) is 1.86. The molecule has 0 atom stereocenters. The van der Waals surface area contributed by atoms with Gasteiger partial charge in [-0.15, -0.1) is 0 Å². The first-order valence-corrected chi connectivity index (χ1v) is 6.96. The summed E-state index contributed by atoms with van der Waals surface area (Å²) in [4.78, 5) is 4.69. The van der Waals surface area contributed by atoms with Gasteiger partial charge in [-0.2, -0.15) is 0 Å². The monoisotopic (exact) mass is 273 g/mol. The van der Waals surface area contributed by atoms with Gasteiger partial charge in [-0.05, 0) is 41.5 Å². The topological polar surface area (TPSA) is 43.3 Å². The lowest BCUT2D eigenvalue weighted by Crippen LogP contribution is -1.94. The fraction of sp³-hybridized carbons (Fsp3) is 0.0556. The van der Waals surface area contributed by atoms with Crippen molar-refractivity contribution in [2.45, 2.75) is 6.92 Å². The summed E-state index contributed by atoms with van der Waals surface area (Å²) in [6, 6.07) is 18.7. The average Bonchev–Trinajstić information content (AvgIpc) is 2.83. The second kappa shape index (κ2) is 4.35. The number of nitrogens with two attached hydrogens (primary N) is 1. The third-order valence-electron chi connectivity index (χ3n) is 3.84. The lowest BCUT2D eigenvalue weighted by molar-refractivity contribution is 1.18. The van der Waals surface area contributed by atoms with Crippen LogP contribution in [0.2, 0.25) is 0 Å². The number of anilines is 1. The number of rotatable bonds is 1. The van der Waals surface area contributed by atoms with Crippen molar-refractivity contribution in [3.8, 4) is 11.3 Å². The molecule has 0 aliphatic carbocycles. The van der Waals surface area contributed by atoms with Gasteiger partial charge in [0.05, 0.1) is 0 Å². The van der Waals surface area contributed by atoms with Crippen molar-refractivity contribution in [2.75, 3.05) is 5.73 Å². The Hall–Kier alpha value is -2.81. The fourth-order valence-electron chi connectivity index (χ4n) is 2.71. The summed E-state index contributed by atoms with van der Waals surface area (Å²) in [6.07, 6.45) is 1.97. The Balaban J connectivity index is 1.97. The number of hydrogen-bond acceptors (Lipinski definition) is 2. The molecule has 0 fully saturated rings. The van der Waals surface area contributed by atoms with Gasteiger partial charge in [0.25, 0.3) is 0 Å². The second-order valence-corrected chi connectivity index (χ2v) is 5.34. The van der Waals surface area contributed by atoms with E-state index in [1.807, 2.05) is 34.9 Å². The van der Waals surface area contributed by atoms with Crippen LogP contribution in [0.5, 0.6) is 0 Å². The second-order valence-electron chi connectivity index (χ2n) is 5.34. The summed E-state index contributed by atoms with van der Waals surface area (Å²) in [5.74, 6) is 0.681. The number of aromatic nitrogens is 2. The van der Waals surface area contributed by atoms with E-state index in [0.717, 1.165) is 16.9 Å². The molecule has 102 valence electrons. The number of pyridine rings is 1. The van der Waals surface area contributed by atoms with Crippen molar-refractivity contribution < 1.29 is 0 Å². The van der Waals surface area contributed by atoms with Crippen molar-refractivity contribution in [1.82, 2.24) is 9.38 Å². The average molecular weight is 273 g/mol. The van der Waals surface area contributed by atoms with E-state index in [0.29, 0.717) is 5.82 Å². The van der Waals surface area contributed by atoms with Crippen molar-refractivity contribution >= 4 is 22.2 Å². The van der Waals surface area contributed by atoms with E-state index in [4.69, 9.17) is 5.73 Å². The van der Waals surface area contributed by atoms with E-state index in [-0.39, 0.29) is 0 Å². The summed E-state index contributed by atoms with van der Waals surface area (Å²) >= 11 is 0. The zero-order chi connectivity index (χ0) is 14.4. The van der Waals surface area contributed by atoms with Gasteiger partial charge in [-0.3, -0.25) is 4.40 Å². The largest absolute Gasteiger partial charge is 0.383 e. The third-order valence-corrected chi connectivity index (χ3v) is 3.84. The van der Waals surface area contributed by atoms with E-state index in [9.17, 15) is 0 Å². The van der Waals surface area contributed by atoms with Crippen LogP contribution >= 0.6 is 0 Å². The number of fused-ring (bicyclic) bond motifs is 2. The van der Waals surface area contributed by atoms with Gasteiger partial charge in [0.15, 0.2) is 0 Å². The van der Waals surface area contributed by atoms with Crippen LogP contribution in [0.3, 0.4) is 0 Å². The predicted molar refractivity (Wildman–Crippen MR) is 87.3 cm³/mol. The standard InChI is InChI=1S/C18H15N3/c1-12-8-9-21-16(10-12)20-17(18(21)19)15-7-6-13-4-2-3-5-14(13)11-15/h2-11H,19H2,1H3. The molecule has 2 aromatic carbocycles. The molecule has 2 aromatic heterocycles. The van der Waals surface area contributed by atoms with E-state index < -0.39 is 0 Å². The number of hydrogen-bond donors (Lipinski definition) is 1. The lowest BCUT2D eigenvalue weighted by atomic mass is 10.1. The molecule has 2 heterocycles. The van der Waals surface area contributed by atoms with Gasteiger partial charge in [0.2, 0.25) is 0 Å². The molecule has 0 spiro atoms. The van der Waals surface area contributed by atoms with Gasteiger partial charge < -0.3 is 5.73 Å². The maximum Gasteiger partial charge on any atom is 0.139 e. The van der Waals surface area contributed by atoms with E-state index in [2.05, 4.69) is 42.2 Å². The Bertz CT molecular complexity index is 967. The summed E-state index contributed by atoms with van der Waals surface area (Å²) in [7, 11) is 0. The van der Waals surface area contributed by atoms with Gasteiger partial charge in [0, 0.05) is 11.8 Å². The van der Waals surface area contributed by atoms with Crippen LogP contribution < -0.4 is 5.73 Å². The van der Waals surface area contributed by atoms with E-state index in [1.165, 1.54) is 16.3 Å². The highest BCUT2D eigenvalue weighted by atomic mass is 15.1. The molecule has 3 heteroatoms. The predicted octanol–water partition coefficient (Wildman–Crippen LogP) is 4.05. The van der Waals surface area contributed by atoms with Gasteiger partial charge in [0.1, 0.15) is 17.2 Å². The molecule has 0 aliphatic heterocycles. The molecule has 4 rings (SSSR count).